The summed E-state index contributed by atoms with van der Waals surface area (Å²) < 4.78 is 11.4. The van der Waals surface area contributed by atoms with Crippen molar-refractivity contribution in [3.8, 4) is 0 Å². The van der Waals surface area contributed by atoms with Crippen LogP contribution in [-0.4, -0.2) is 47.4 Å². The van der Waals surface area contributed by atoms with Crippen LogP contribution >= 0.6 is 0 Å². The SMILES string of the molecule is CC(C)(C)OC(=O)N1CC2C(N)C3CCC2(C1)O3. The molecule has 3 fully saturated rings. The van der Waals surface area contributed by atoms with Gasteiger partial charge in [0, 0.05) is 18.5 Å². The minimum atomic E-state index is -0.451. The van der Waals surface area contributed by atoms with Crippen LogP contribution in [0.3, 0.4) is 0 Å². The van der Waals surface area contributed by atoms with Crippen molar-refractivity contribution >= 4 is 6.09 Å². The fourth-order valence-electron chi connectivity index (χ4n) is 3.57. The van der Waals surface area contributed by atoms with Crippen LogP contribution in [-0.2, 0) is 9.47 Å². The van der Waals surface area contributed by atoms with E-state index in [-0.39, 0.29) is 29.8 Å². The first kappa shape index (κ1) is 12.2. The number of amides is 1. The second kappa shape index (κ2) is 3.61. The van der Waals surface area contributed by atoms with E-state index in [9.17, 15) is 4.79 Å². The standard InChI is InChI=1S/C13H22N2O3/c1-12(2,3)18-11(16)15-6-8-10(14)9-4-5-13(8,7-15)17-9/h8-10H,4-7,14H2,1-3H3. The van der Waals surface area contributed by atoms with Crippen LogP contribution in [0.2, 0.25) is 0 Å². The number of ether oxygens (including phenoxy) is 2. The minimum Gasteiger partial charge on any atom is -0.444 e. The fraction of sp³-hybridized carbons (Fsp3) is 0.923. The molecule has 0 saturated carbocycles. The molecule has 18 heavy (non-hydrogen) atoms. The summed E-state index contributed by atoms with van der Waals surface area (Å²) in [6, 6.07) is 0.0752. The van der Waals surface area contributed by atoms with Gasteiger partial charge in [0.15, 0.2) is 0 Å². The lowest BCUT2D eigenvalue weighted by atomic mass is 9.78. The monoisotopic (exact) mass is 254 g/mol. The first-order valence-corrected chi connectivity index (χ1v) is 6.72. The van der Waals surface area contributed by atoms with Crippen LogP contribution in [0, 0.1) is 5.92 Å². The molecule has 4 unspecified atom stereocenters. The topological polar surface area (TPSA) is 64.8 Å². The highest BCUT2D eigenvalue weighted by Gasteiger charge is 2.63. The molecule has 0 aliphatic carbocycles. The van der Waals surface area contributed by atoms with Gasteiger partial charge in [0.1, 0.15) is 5.60 Å². The zero-order chi connectivity index (χ0) is 13.1. The van der Waals surface area contributed by atoms with Gasteiger partial charge in [-0.3, -0.25) is 0 Å². The predicted molar refractivity (Wildman–Crippen MR) is 66.1 cm³/mol. The van der Waals surface area contributed by atoms with Crippen molar-refractivity contribution in [1.29, 1.82) is 0 Å². The summed E-state index contributed by atoms with van der Waals surface area (Å²) in [6.07, 6.45) is 2.01. The van der Waals surface area contributed by atoms with Gasteiger partial charge in [-0.1, -0.05) is 0 Å². The average molecular weight is 254 g/mol. The van der Waals surface area contributed by atoms with Gasteiger partial charge in [-0.2, -0.15) is 0 Å². The quantitative estimate of drug-likeness (QED) is 0.703. The Morgan fingerprint density at radius 2 is 2.22 bits per heavy atom. The third-order valence-electron chi connectivity index (χ3n) is 4.34. The summed E-state index contributed by atoms with van der Waals surface area (Å²) in [6.45, 7) is 6.96. The molecule has 5 heteroatoms. The van der Waals surface area contributed by atoms with Crippen molar-refractivity contribution < 1.29 is 14.3 Å². The Bertz CT molecular complexity index is 379. The van der Waals surface area contributed by atoms with Crippen LogP contribution in [0.15, 0.2) is 0 Å². The molecule has 1 spiro atoms. The first-order chi connectivity index (χ1) is 8.31. The van der Waals surface area contributed by atoms with E-state index in [0.717, 1.165) is 12.8 Å². The number of likely N-dealkylation sites (tertiary alicyclic amines) is 1. The Balaban J connectivity index is 1.71. The number of carbonyl (C=O) groups excluding carboxylic acids is 1. The Morgan fingerprint density at radius 3 is 2.83 bits per heavy atom. The number of nitrogens with two attached hydrogens (primary N) is 1. The maximum absolute atomic E-state index is 12.1. The lowest BCUT2D eigenvalue weighted by Gasteiger charge is -2.26. The van der Waals surface area contributed by atoms with Gasteiger partial charge in [-0.05, 0) is 33.6 Å². The van der Waals surface area contributed by atoms with Gasteiger partial charge in [-0.25, -0.2) is 4.79 Å². The molecule has 102 valence electrons. The molecular weight excluding hydrogens is 232 g/mol. The number of fused-ring (bicyclic) bond motifs is 1. The zero-order valence-electron chi connectivity index (χ0n) is 11.3. The van der Waals surface area contributed by atoms with Crippen LogP contribution in [0.25, 0.3) is 0 Å². The van der Waals surface area contributed by atoms with Gasteiger partial charge in [0.2, 0.25) is 0 Å². The lowest BCUT2D eigenvalue weighted by Crippen LogP contribution is -2.44. The first-order valence-electron chi connectivity index (χ1n) is 6.72. The van der Waals surface area contributed by atoms with Crippen LogP contribution < -0.4 is 5.73 Å². The van der Waals surface area contributed by atoms with E-state index in [4.69, 9.17) is 15.2 Å². The molecule has 0 radical (unpaired) electrons. The molecule has 0 aromatic rings. The summed E-state index contributed by atoms with van der Waals surface area (Å²) in [4.78, 5) is 13.8. The van der Waals surface area contributed by atoms with E-state index in [1.165, 1.54) is 0 Å². The summed E-state index contributed by atoms with van der Waals surface area (Å²) in [5, 5.41) is 0. The Morgan fingerprint density at radius 1 is 1.50 bits per heavy atom. The van der Waals surface area contributed by atoms with E-state index in [2.05, 4.69) is 0 Å². The second-order valence-corrected chi connectivity index (χ2v) is 6.80. The van der Waals surface area contributed by atoms with E-state index in [1.54, 1.807) is 4.90 Å². The van der Waals surface area contributed by atoms with Gasteiger partial charge in [-0.15, -0.1) is 0 Å². The Kier molecular flexibility index (Phi) is 2.45. The summed E-state index contributed by atoms with van der Waals surface area (Å²) >= 11 is 0. The van der Waals surface area contributed by atoms with Crippen LogP contribution in [0.1, 0.15) is 33.6 Å². The Labute approximate surface area is 108 Å². The smallest absolute Gasteiger partial charge is 0.410 e. The van der Waals surface area contributed by atoms with Crippen LogP contribution in [0.4, 0.5) is 4.79 Å². The fourth-order valence-corrected chi connectivity index (χ4v) is 3.57. The van der Waals surface area contributed by atoms with Crippen molar-refractivity contribution in [3.63, 3.8) is 0 Å². The summed E-state index contributed by atoms with van der Waals surface area (Å²) in [5.74, 6) is 0.281. The second-order valence-electron chi connectivity index (χ2n) is 6.80. The lowest BCUT2D eigenvalue weighted by molar-refractivity contribution is -0.00576. The van der Waals surface area contributed by atoms with Gasteiger partial charge in [0.05, 0.1) is 18.2 Å². The van der Waals surface area contributed by atoms with E-state index >= 15 is 0 Å². The third-order valence-corrected chi connectivity index (χ3v) is 4.34. The maximum Gasteiger partial charge on any atom is 0.410 e. The maximum atomic E-state index is 12.1. The largest absolute Gasteiger partial charge is 0.444 e. The number of carbonyl (C=O) groups is 1. The normalized spacial score (nSPS) is 42.2. The minimum absolute atomic E-state index is 0.0752. The molecule has 2 bridgehead atoms. The van der Waals surface area contributed by atoms with Crippen molar-refractivity contribution in [3.05, 3.63) is 0 Å². The highest BCUT2D eigenvalue weighted by atomic mass is 16.6. The molecule has 3 aliphatic heterocycles. The molecule has 4 atom stereocenters. The predicted octanol–water partition coefficient (Wildman–Crippen LogP) is 1.11. The number of hydrogen-bond donors (Lipinski definition) is 1. The summed E-state index contributed by atoms with van der Waals surface area (Å²) in [5.41, 5.74) is 5.56. The Hall–Kier alpha value is -0.810. The zero-order valence-corrected chi connectivity index (χ0v) is 11.3. The molecule has 0 aromatic carbocycles. The highest BCUT2D eigenvalue weighted by Crippen LogP contribution is 2.51. The number of nitrogens with zero attached hydrogens (tertiary/aromatic N) is 1. The van der Waals surface area contributed by atoms with E-state index in [0.29, 0.717) is 13.1 Å². The van der Waals surface area contributed by atoms with Gasteiger partial charge < -0.3 is 20.1 Å². The molecule has 5 nitrogen and oxygen atoms in total. The van der Waals surface area contributed by atoms with E-state index in [1.807, 2.05) is 20.8 Å². The van der Waals surface area contributed by atoms with Gasteiger partial charge >= 0.3 is 6.09 Å². The molecule has 3 rings (SSSR count). The van der Waals surface area contributed by atoms with E-state index < -0.39 is 5.60 Å². The van der Waals surface area contributed by atoms with Crippen LogP contribution in [0.5, 0.6) is 0 Å². The van der Waals surface area contributed by atoms with Crippen molar-refractivity contribution in [2.45, 2.75) is 57.0 Å². The number of hydrogen-bond acceptors (Lipinski definition) is 4. The summed E-state index contributed by atoms with van der Waals surface area (Å²) in [7, 11) is 0. The van der Waals surface area contributed by atoms with Crippen molar-refractivity contribution in [2.24, 2.45) is 11.7 Å². The third kappa shape index (κ3) is 1.72. The molecule has 3 heterocycles. The number of rotatable bonds is 0. The molecule has 1 amide bonds. The highest BCUT2D eigenvalue weighted by molar-refractivity contribution is 5.69. The molecule has 2 N–H and O–H groups in total. The van der Waals surface area contributed by atoms with Crippen molar-refractivity contribution in [2.75, 3.05) is 13.1 Å². The molecule has 0 aromatic heterocycles. The molecular formula is C13H22N2O3. The molecule has 3 aliphatic rings. The average Bonchev–Trinajstić information content (AvgIpc) is 2.86. The van der Waals surface area contributed by atoms with Gasteiger partial charge in [0.25, 0.3) is 0 Å². The van der Waals surface area contributed by atoms with Crippen molar-refractivity contribution in [1.82, 2.24) is 4.90 Å². The molecule has 3 saturated heterocycles.